The molecule has 2 aromatic rings. The maximum Gasteiger partial charge on any atom is 0.322 e. The number of hydrogen-bond acceptors (Lipinski definition) is 6. The van der Waals surface area contributed by atoms with Crippen LogP contribution in [-0.4, -0.2) is 48.3 Å². The number of hydrazone groups is 1. The van der Waals surface area contributed by atoms with E-state index in [1.165, 1.54) is 0 Å². The van der Waals surface area contributed by atoms with E-state index in [1.807, 2.05) is 0 Å². The molecule has 160 valence electrons. The van der Waals surface area contributed by atoms with Crippen LogP contribution in [0, 0.1) is 17.0 Å². The minimum atomic E-state index is -4.39. The van der Waals surface area contributed by atoms with E-state index in [2.05, 4.69) is 15.2 Å². The number of carbonyl (C=O) groups is 2. The van der Waals surface area contributed by atoms with Crippen molar-refractivity contribution in [2.75, 3.05) is 0 Å². The summed E-state index contributed by atoms with van der Waals surface area (Å²) in [6.45, 7) is 2.15. The van der Waals surface area contributed by atoms with Gasteiger partial charge in [0, 0.05) is 18.6 Å². The molecule has 0 saturated heterocycles. The highest BCUT2D eigenvalue weighted by Crippen LogP contribution is 2.47. The van der Waals surface area contributed by atoms with Gasteiger partial charge in [-0.3, -0.25) is 9.59 Å². The molecule has 2 heterocycles. The van der Waals surface area contributed by atoms with E-state index in [-0.39, 0.29) is 5.01 Å². The van der Waals surface area contributed by atoms with Gasteiger partial charge in [-0.25, -0.2) is 18.4 Å². The van der Waals surface area contributed by atoms with E-state index in [0.717, 1.165) is 38.1 Å². The minimum Gasteiger partial charge on any atom is -0.377 e. The first-order chi connectivity index (χ1) is 13.8. The third-order valence-electron chi connectivity index (χ3n) is 4.87. The summed E-state index contributed by atoms with van der Waals surface area (Å²) in [6, 6.07) is 1.71. The summed E-state index contributed by atoms with van der Waals surface area (Å²) >= 11 is 0. The minimum absolute atomic E-state index is 0.264. The number of halogens is 4. The van der Waals surface area contributed by atoms with Crippen molar-refractivity contribution in [3.05, 3.63) is 48.1 Å². The molecule has 0 fully saturated rings. The van der Waals surface area contributed by atoms with E-state index in [9.17, 15) is 23.5 Å². The molecule has 1 atom stereocenters. The second-order valence-corrected chi connectivity index (χ2v) is 7.36. The Labute approximate surface area is 167 Å². The number of alkyl halides is 2. The Bertz CT molecular complexity index is 1040. The van der Waals surface area contributed by atoms with Gasteiger partial charge in [0.05, 0.1) is 12.0 Å². The zero-order chi connectivity index (χ0) is 22.5. The van der Waals surface area contributed by atoms with Crippen molar-refractivity contribution in [3.8, 4) is 0 Å². The summed E-state index contributed by atoms with van der Waals surface area (Å²) in [5, 5.41) is 18.5. The molecule has 8 nitrogen and oxygen atoms in total. The van der Waals surface area contributed by atoms with Crippen molar-refractivity contribution < 1.29 is 32.3 Å². The van der Waals surface area contributed by atoms with Crippen LogP contribution < -0.4 is 0 Å². The monoisotopic (exact) mass is 427 g/mol. The van der Waals surface area contributed by atoms with E-state index in [0.29, 0.717) is 18.2 Å². The van der Waals surface area contributed by atoms with Crippen molar-refractivity contribution in [2.45, 2.75) is 38.8 Å². The number of aliphatic hydroxyl groups is 1. The highest BCUT2D eigenvalue weighted by molar-refractivity contribution is 6.18. The SMILES string of the molecule is CC(=O)N1N=C(C(F)(F)C(O)(Cn2cncn2)c2ccc(F)cc2F)C(C)(C)C1=O. The van der Waals surface area contributed by atoms with E-state index >= 15 is 8.78 Å². The molecule has 0 aliphatic carbocycles. The number of aromatic nitrogens is 3. The third-order valence-corrected chi connectivity index (χ3v) is 4.87. The Hall–Kier alpha value is -3.15. The summed E-state index contributed by atoms with van der Waals surface area (Å²) in [5.74, 6) is -8.82. The van der Waals surface area contributed by atoms with Crippen molar-refractivity contribution >= 4 is 17.5 Å². The number of rotatable bonds is 5. The van der Waals surface area contributed by atoms with E-state index < -0.39 is 58.2 Å². The normalized spacial score (nSPS) is 18.3. The van der Waals surface area contributed by atoms with Gasteiger partial charge in [0.25, 0.3) is 5.91 Å². The van der Waals surface area contributed by atoms with Gasteiger partial charge < -0.3 is 5.11 Å². The highest BCUT2D eigenvalue weighted by atomic mass is 19.3. The van der Waals surface area contributed by atoms with Gasteiger partial charge in [-0.1, -0.05) is 0 Å². The summed E-state index contributed by atoms with van der Waals surface area (Å²) in [7, 11) is 0. The first-order valence-corrected chi connectivity index (χ1v) is 8.65. The van der Waals surface area contributed by atoms with Crippen molar-refractivity contribution in [1.82, 2.24) is 19.8 Å². The molecule has 0 saturated carbocycles. The molecule has 0 spiro atoms. The lowest BCUT2D eigenvalue weighted by molar-refractivity contribution is -0.158. The molecule has 30 heavy (non-hydrogen) atoms. The van der Waals surface area contributed by atoms with Crippen LogP contribution in [-0.2, 0) is 21.7 Å². The first-order valence-electron chi connectivity index (χ1n) is 8.65. The van der Waals surface area contributed by atoms with E-state index in [1.54, 1.807) is 0 Å². The van der Waals surface area contributed by atoms with Crippen LogP contribution in [0.2, 0.25) is 0 Å². The molecule has 1 aromatic carbocycles. The van der Waals surface area contributed by atoms with E-state index in [4.69, 9.17) is 0 Å². The maximum atomic E-state index is 15.8. The predicted molar refractivity (Wildman–Crippen MR) is 94.0 cm³/mol. The lowest BCUT2D eigenvalue weighted by Gasteiger charge is -2.38. The second kappa shape index (κ2) is 6.97. The molecule has 1 aliphatic heterocycles. The second-order valence-electron chi connectivity index (χ2n) is 7.36. The lowest BCUT2D eigenvalue weighted by atomic mass is 9.75. The molecule has 1 aromatic heterocycles. The number of benzene rings is 1. The Kier molecular flexibility index (Phi) is 5.01. The van der Waals surface area contributed by atoms with Gasteiger partial charge in [-0.2, -0.15) is 24.0 Å². The van der Waals surface area contributed by atoms with Crippen LogP contribution >= 0.6 is 0 Å². The zero-order valence-electron chi connectivity index (χ0n) is 16.1. The molecule has 1 N–H and O–H groups in total. The summed E-state index contributed by atoms with van der Waals surface area (Å²) in [4.78, 5) is 27.7. The largest absolute Gasteiger partial charge is 0.377 e. The van der Waals surface area contributed by atoms with Crippen LogP contribution in [0.5, 0.6) is 0 Å². The van der Waals surface area contributed by atoms with Crippen LogP contribution in [0.3, 0.4) is 0 Å². The molecule has 0 radical (unpaired) electrons. The van der Waals surface area contributed by atoms with Crippen LogP contribution in [0.4, 0.5) is 17.6 Å². The van der Waals surface area contributed by atoms with Gasteiger partial charge in [0.15, 0.2) is 5.60 Å². The van der Waals surface area contributed by atoms with Crippen LogP contribution in [0.1, 0.15) is 26.3 Å². The number of amides is 2. The Morgan fingerprint density at radius 1 is 1.27 bits per heavy atom. The van der Waals surface area contributed by atoms with Gasteiger partial charge in [-0.15, -0.1) is 0 Å². The smallest absolute Gasteiger partial charge is 0.322 e. The van der Waals surface area contributed by atoms with Crippen LogP contribution in [0.25, 0.3) is 0 Å². The highest BCUT2D eigenvalue weighted by Gasteiger charge is 2.66. The first kappa shape index (κ1) is 21.6. The van der Waals surface area contributed by atoms with Gasteiger partial charge in [0.1, 0.15) is 30.0 Å². The van der Waals surface area contributed by atoms with Gasteiger partial charge in [0.2, 0.25) is 5.91 Å². The third kappa shape index (κ3) is 3.16. The molecular formula is C18H17F4N5O3. The fourth-order valence-corrected chi connectivity index (χ4v) is 3.23. The molecule has 12 heteroatoms. The summed E-state index contributed by atoms with van der Waals surface area (Å²) in [6.07, 6.45) is 2.02. The number of nitrogens with zero attached hydrogens (tertiary/aromatic N) is 5. The molecular weight excluding hydrogens is 410 g/mol. The number of hydrogen-bond donors (Lipinski definition) is 1. The van der Waals surface area contributed by atoms with Crippen molar-refractivity contribution in [2.24, 2.45) is 10.5 Å². The molecule has 1 aliphatic rings. The van der Waals surface area contributed by atoms with Crippen molar-refractivity contribution in [1.29, 1.82) is 0 Å². The number of carbonyl (C=O) groups excluding carboxylic acids is 2. The molecule has 1 unspecified atom stereocenters. The Balaban J connectivity index is 2.23. The molecule has 0 bridgehead atoms. The molecule has 2 amide bonds. The quantitative estimate of drug-likeness (QED) is 0.734. The summed E-state index contributed by atoms with van der Waals surface area (Å²) < 4.78 is 60.4. The fourth-order valence-electron chi connectivity index (χ4n) is 3.23. The van der Waals surface area contributed by atoms with Gasteiger partial charge in [-0.05, 0) is 26.0 Å². The predicted octanol–water partition coefficient (Wildman–Crippen LogP) is 1.85. The summed E-state index contributed by atoms with van der Waals surface area (Å²) in [5.41, 5.74) is -7.46. The lowest BCUT2D eigenvalue weighted by Crippen LogP contribution is -2.57. The average molecular weight is 427 g/mol. The number of imide groups is 1. The van der Waals surface area contributed by atoms with Gasteiger partial charge >= 0.3 is 5.92 Å². The zero-order valence-corrected chi connectivity index (χ0v) is 16.1. The van der Waals surface area contributed by atoms with Crippen LogP contribution in [0.15, 0.2) is 36.0 Å². The van der Waals surface area contributed by atoms with Crippen molar-refractivity contribution in [3.63, 3.8) is 0 Å². The fraction of sp³-hybridized carbons (Fsp3) is 0.389. The standard InChI is InChI=1S/C18H17F4N5O3/c1-10(28)27-15(29)16(2,3)14(25-27)18(21,22)17(30,7-26-9-23-8-24-26)12-5-4-11(19)6-13(12)20/h4-6,8-9,30H,7H2,1-3H3. The average Bonchev–Trinajstić information content (AvgIpc) is 3.21. The molecule has 3 rings (SSSR count). The topological polar surface area (TPSA) is 101 Å². The maximum absolute atomic E-state index is 15.8. The Morgan fingerprint density at radius 2 is 1.93 bits per heavy atom. The Morgan fingerprint density at radius 3 is 2.43 bits per heavy atom.